The second-order valence-corrected chi connectivity index (χ2v) is 9.86. The van der Waals surface area contributed by atoms with Crippen LogP contribution in [0.4, 0.5) is 0 Å². The van der Waals surface area contributed by atoms with Gasteiger partial charge in [-0.1, -0.05) is 6.92 Å². The SMILES string of the molecule is CC(=O)[C@H]1CCC2[C@@H]3CC[C@]4(C)C5C[C@H]5CC[C@@H]4C3CC[C@@H]21. The minimum Gasteiger partial charge on any atom is -0.300 e. The summed E-state index contributed by atoms with van der Waals surface area (Å²) in [6.45, 7) is 4.52. The van der Waals surface area contributed by atoms with Crippen LogP contribution in [0.3, 0.4) is 0 Å². The van der Waals surface area contributed by atoms with E-state index in [0.29, 0.717) is 17.1 Å². The van der Waals surface area contributed by atoms with Crippen LogP contribution in [0.2, 0.25) is 0 Å². The molecule has 5 aliphatic carbocycles. The molecule has 0 aromatic rings. The summed E-state index contributed by atoms with van der Waals surface area (Å²) in [6, 6.07) is 0. The molecule has 0 bridgehead atoms. The van der Waals surface area contributed by atoms with Crippen molar-refractivity contribution in [3.8, 4) is 0 Å². The van der Waals surface area contributed by atoms with Gasteiger partial charge in [-0.2, -0.15) is 0 Å². The molecule has 0 radical (unpaired) electrons. The lowest BCUT2D eigenvalue weighted by molar-refractivity contribution is -0.124. The van der Waals surface area contributed by atoms with Crippen molar-refractivity contribution < 1.29 is 4.79 Å². The van der Waals surface area contributed by atoms with Gasteiger partial charge < -0.3 is 0 Å². The number of carbonyl (C=O) groups excluding carboxylic acids is 1. The lowest BCUT2D eigenvalue weighted by Crippen LogP contribution is -2.49. The molecule has 0 spiro atoms. The maximum absolute atomic E-state index is 12.0. The summed E-state index contributed by atoms with van der Waals surface area (Å²) >= 11 is 0. The Bertz CT molecular complexity index is 496. The molecule has 0 aliphatic heterocycles. The van der Waals surface area contributed by atoms with Gasteiger partial charge in [0.05, 0.1) is 0 Å². The molecule has 122 valence electrons. The van der Waals surface area contributed by atoms with E-state index in [1.165, 1.54) is 51.4 Å². The minimum absolute atomic E-state index is 0.429. The van der Waals surface area contributed by atoms with E-state index in [4.69, 9.17) is 0 Å². The van der Waals surface area contributed by atoms with Gasteiger partial charge in [-0.3, -0.25) is 4.79 Å². The van der Waals surface area contributed by atoms with E-state index < -0.39 is 0 Å². The number of Topliss-reactive ketones (excluding diaryl/α,β-unsaturated/α-hetero) is 1. The van der Waals surface area contributed by atoms with Crippen molar-refractivity contribution in [1.29, 1.82) is 0 Å². The van der Waals surface area contributed by atoms with Crippen molar-refractivity contribution in [1.82, 2.24) is 0 Å². The lowest BCUT2D eigenvalue weighted by Gasteiger charge is -2.57. The molecule has 22 heavy (non-hydrogen) atoms. The van der Waals surface area contributed by atoms with E-state index in [2.05, 4.69) is 6.92 Å². The topological polar surface area (TPSA) is 17.1 Å². The third-order valence-electron chi connectivity index (χ3n) is 9.33. The number of carbonyl (C=O) groups is 1. The summed E-state index contributed by atoms with van der Waals surface area (Å²) in [5.74, 6) is 7.84. The quantitative estimate of drug-likeness (QED) is 0.659. The molecule has 0 aromatic heterocycles. The van der Waals surface area contributed by atoms with Gasteiger partial charge >= 0.3 is 0 Å². The van der Waals surface area contributed by atoms with Gasteiger partial charge in [0.2, 0.25) is 0 Å². The van der Waals surface area contributed by atoms with Gasteiger partial charge in [0, 0.05) is 5.92 Å². The Morgan fingerprint density at radius 2 is 1.55 bits per heavy atom. The number of hydrogen-bond donors (Lipinski definition) is 0. The third-order valence-corrected chi connectivity index (χ3v) is 9.33. The van der Waals surface area contributed by atoms with Crippen molar-refractivity contribution in [2.45, 2.75) is 71.6 Å². The first-order chi connectivity index (χ1) is 10.6. The molecule has 0 N–H and O–H groups in total. The summed E-state index contributed by atoms with van der Waals surface area (Å²) in [5, 5.41) is 0. The molecule has 1 heteroatoms. The van der Waals surface area contributed by atoms with Crippen LogP contribution < -0.4 is 0 Å². The van der Waals surface area contributed by atoms with E-state index in [-0.39, 0.29) is 0 Å². The monoisotopic (exact) mass is 300 g/mol. The molecule has 1 nitrogen and oxygen atoms in total. The fourth-order valence-electron chi connectivity index (χ4n) is 8.32. The first kappa shape index (κ1) is 14.1. The van der Waals surface area contributed by atoms with Crippen LogP contribution in [0.25, 0.3) is 0 Å². The van der Waals surface area contributed by atoms with Gasteiger partial charge in [-0.05, 0) is 112 Å². The summed E-state index contributed by atoms with van der Waals surface area (Å²) in [4.78, 5) is 12.0. The fourth-order valence-corrected chi connectivity index (χ4v) is 8.32. The Morgan fingerprint density at radius 3 is 2.36 bits per heavy atom. The Balaban J connectivity index is 1.41. The van der Waals surface area contributed by atoms with E-state index in [0.717, 1.165) is 41.4 Å². The first-order valence-electron chi connectivity index (χ1n) is 10.1. The van der Waals surface area contributed by atoms with E-state index in [9.17, 15) is 4.79 Å². The highest BCUT2D eigenvalue weighted by atomic mass is 16.1. The second-order valence-electron chi connectivity index (χ2n) is 9.86. The van der Waals surface area contributed by atoms with Crippen molar-refractivity contribution >= 4 is 5.78 Å². The smallest absolute Gasteiger partial charge is 0.133 e. The third kappa shape index (κ3) is 1.75. The van der Waals surface area contributed by atoms with Gasteiger partial charge in [0.15, 0.2) is 0 Å². The molecule has 5 aliphatic rings. The Labute approximate surface area is 135 Å². The average Bonchev–Trinajstić information content (AvgIpc) is 3.17. The highest BCUT2D eigenvalue weighted by molar-refractivity contribution is 5.79. The Morgan fingerprint density at radius 1 is 0.818 bits per heavy atom. The second kappa shape index (κ2) is 4.61. The standard InChI is InChI=1S/C21H32O/c1-12(22)14-4-5-16-15(14)6-7-18-17(16)9-10-21(2)19(18)8-3-13-11-20(13)21/h13-20H,3-11H2,1-2H3/t13-,14-,15-,16?,17+,18?,19-,20?,21+/m1/s1. The van der Waals surface area contributed by atoms with Gasteiger partial charge in [0.1, 0.15) is 5.78 Å². The molecule has 5 saturated carbocycles. The van der Waals surface area contributed by atoms with E-state index >= 15 is 0 Å². The maximum atomic E-state index is 12.0. The normalized spacial score (nSPS) is 59.0. The van der Waals surface area contributed by atoms with Crippen LogP contribution in [0.15, 0.2) is 0 Å². The molecule has 0 amide bonds. The van der Waals surface area contributed by atoms with Gasteiger partial charge in [0.25, 0.3) is 0 Å². The molecule has 3 unspecified atom stereocenters. The van der Waals surface area contributed by atoms with Crippen molar-refractivity contribution in [2.24, 2.45) is 52.8 Å². The van der Waals surface area contributed by atoms with Crippen molar-refractivity contribution in [3.63, 3.8) is 0 Å². The van der Waals surface area contributed by atoms with Crippen LogP contribution in [-0.4, -0.2) is 5.78 Å². The van der Waals surface area contributed by atoms with Crippen LogP contribution in [0.5, 0.6) is 0 Å². The van der Waals surface area contributed by atoms with Crippen molar-refractivity contribution in [3.05, 3.63) is 0 Å². The Hall–Kier alpha value is -0.330. The average molecular weight is 300 g/mol. The zero-order chi connectivity index (χ0) is 15.1. The Kier molecular flexibility index (Phi) is 2.94. The molecule has 0 aromatic carbocycles. The number of ketones is 1. The van der Waals surface area contributed by atoms with Crippen LogP contribution in [-0.2, 0) is 4.79 Å². The van der Waals surface area contributed by atoms with Crippen LogP contribution in [0, 0.1) is 52.8 Å². The summed E-state index contributed by atoms with van der Waals surface area (Å²) in [6.07, 6.45) is 13.0. The molecule has 5 fully saturated rings. The maximum Gasteiger partial charge on any atom is 0.133 e. The highest BCUT2D eigenvalue weighted by Gasteiger charge is 2.62. The van der Waals surface area contributed by atoms with Crippen LogP contribution in [0.1, 0.15) is 71.6 Å². The number of rotatable bonds is 1. The number of hydrogen-bond acceptors (Lipinski definition) is 1. The zero-order valence-corrected chi connectivity index (χ0v) is 14.4. The highest BCUT2D eigenvalue weighted by Crippen LogP contribution is 2.70. The molecular weight excluding hydrogens is 268 g/mol. The largest absolute Gasteiger partial charge is 0.300 e. The predicted octanol–water partition coefficient (Wildman–Crippen LogP) is 5.09. The first-order valence-corrected chi connectivity index (χ1v) is 10.1. The van der Waals surface area contributed by atoms with E-state index in [1.54, 1.807) is 6.42 Å². The molecule has 0 saturated heterocycles. The molecule has 0 heterocycles. The summed E-state index contributed by atoms with van der Waals surface area (Å²) in [5.41, 5.74) is 0.704. The van der Waals surface area contributed by atoms with E-state index in [1.807, 2.05) is 6.92 Å². The zero-order valence-electron chi connectivity index (χ0n) is 14.4. The van der Waals surface area contributed by atoms with Crippen LogP contribution >= 0.6 is 0 Å². The molecule has 9 atom stereocenters. The lowest BCUT2D eigenvalue weighted by atomic mass is 9.48. The fraction of sp³-hybridized carbons (Fsp3) is 0.952. The molecule has 5 rings (SSSR count). The number of fused-ring (bicyclic) bond motifs is 7. The molecular formula is C21H32O. The van der Waals surface area contributed by atoms with Gasteiger partial charge in [-0.15, -0.1) is 0 Å². The summed E-state index contributed by atoms with van der Waals surface area (Å²) in [7, 11) is 0. The minimum atomic E-state index is 0.429. The van der Waals surface area contributed by atoms with Gasteiger partial charge in [-0.25, -0.2) is 0 Å². The predicted molar refractivity (Wildman–Crippen MR) is 88.3 cm³/mol. The summed E-state index contributed by atoms with van der Waals surface area (Å²) < 4.78 is 0. The van der Waals surface area contributed by atoms with Crippen molar-refractivity contribution in [2.75, 3.05) is 0 Å².